The summed E-state index contributed by atoms with van der Waals surface area (Å²) >= 11 is 13.3. The average molecular weight is 617 g/mol. The van der Waals surface area contributed by atoms with Gasteiger partial charge in [-0.05, 0) is 30.5 Å². The normalized spacial score (nSPS) is 16.3. The van der Waals surface area contributed by atoms with E-state index < -0.39 is 5.41 Å². The minimum absolute atomic E-state index is 0.0815. The second-order valence-electron chi connectivity index (χ2n) is 12.3. The number of carbonyl (C=O) groups is 2. The highest BCUT2D eigenvalue weighted by Gasteiger charge is 2.30. The fourth-order valence-corrected chi connectivity index (χ4v) is 5.71. The zero-order chi connectivity index (χ0) is 30.2. The molecule has 5 rings (SSSR count). The highest BCUT2D eigenvalue weighted by Crippen LogP contribution is 2.36. The molecule has 12 heteroatoms. The summed E-state index contributed by atoms with van der Waals surface area (Å²) in [5.74, 6) is 0.825. The first-order valence-electron chi connectivity index (χ1n) is 14.4. The molecule has 0 radical (unpaired) electrons. The molecular weight excluding hydrogens is 577 g/mol. The molecule has 0 spiro atoms. The zero-order valence-electron chi connectivity index (χ0n) is 24.8. The van der Waals surface area contributed by atoms with Gasteiger partial charge in [-0.15, -0.1) is 0 Å². The first kappa shape index (κ1) is 30.4. The molecule has 0 bridgehead atoms. The number of imidazole rings is 1. The molecule has 1 aliphatic carbocycles. The van der Waals surface area contributed by atoms with Crippen LogP contribution in [0.1, 0.15) is 68.8 Å². The molecule has 0 atom stereocenters. The van der Waals surface area contributed by atoms with Gasteiger partial charge in [-0.3, -0.25) is 14.2 Å². The van der Waals surface area contributed by atoms with Crippen LogP contribution in [0.5, 0.6) is 0 Å². The van der Waals surface area contributed by atoms with Crippen molar-refractivity contribution in [3.8, 4) is 0 Å². The van der Waals surface area contributed by atoms with Crippen LogP contribution in [-0.2, 0) is 23.1 Å². The Labute approximate surface area is 256 Å². The van der Waals surface area contributed by atoms with Crippen molar-refractivity contribution in [2.75, 3.05) is 30.5 Å². The lowest BCUT2D eigenvalue weighted by molar-refractivity contribution is -0.128. The maximum atomic E-state index is 13.6. The SMILES string of the molecule is CN(c1nc2c(cc1C(=O)NC1CCCCC1)nc(Nc1c(Cl)ccc(CNC(=O)C(C)(C)C)c1Cl)n2C)C1COC1. The lowest BCUT2D eigenvalue weighted by Crippen LogP contribution is -2.48. The average Bonchev–Trinajstić information content (AvgIpc) is 3.22. The molecule has 42 heavy (non-hydrogen) atoms. The fraction of sp³-hybridized carbons (Fsp3) is 0.533. The van der Waals surface area contributed by atoms with E-state index in [-0.39, 0.29) is 30.4 Å². The molecule has 1 aromatic carbocycles. The van der Waals surface area contributed by atoms with E-state index in [1.165, 1.54) is 6.42 Å². The van der Waals surface area contributed by atoms with Crippen LogP contribution in [0, 0.1) is 5.41 Å². The summed E-state index contributed by atoms with van der Waals surface area (Å²) in [6, 6.07) is 5.63. The molecule has 2 fully saturated rings. The Morgan fingerprint density at radius 2 is 1.83 bits per heavy atom. The second-order valence-corrected chi connectivity index (χ2v) is 13.0. The topological polar surface area (TPSA) is 113 Å². The fourth-order valence-electron chi connectivity index (χ4n) is 5.18. The van der Waals surface area contributed by atoms with Gasteiger partial charge in [-0.2, -0.15) is 0 Å². The highest BCUT2D eigenvalue weighted by molar-refractivity contribution is 6.39. The molecule has 1 aliphatic heterocycles. The van der Waals surface area contributed by atoms with E-state index in [0.717, 1.165) is 25.7 Å². The van der Waals surface area contributed by atoms with E-state index in [0.29, 0.717) is 63.0 Å². The quantitative estimate of drug-likeness (QED) is 0.303. The van der Waals surface area contributed by atoms with Gasteiger partial charge in [0.15, 0.2) is 5.65 Å². The van der Waals surface area contributed by atoms with Gasteiger partial charge in [0, 0.05) is 32.1 Å². The number of hydrogen-bond donors (Lipinski definition) is 3. The van der Waals surface area contributed by atoms with Crippen molar-refractivity contribution in [2.24, 2.45) is 12.5 Å². The first-order valence-corrected chi connectivity index (χ1v) is 15.2. The lowest BCUT2D eigenvalue weighted by atomic mass is 9.95. The lowest BCUT2D eigenvalue weighted by Gasteiger charge is -2.36. The Morgan fingerprint density at radius 1 is 1.12 bits per heavy atom. The van der Waals surface area contributed by atoms with Gasteiger partial charge in [0.1, 0.15) is 11.3 Å². The Bertz CT molecular complexity index is 1490. The third-order valence-corrected chi connectivity index (χ3v) is 8.79. The van der Waals surface area contributed by atoms with Crippen LogP contribution in [0.15, 0.2) is 18.2 Å². The number of fused-ring (bicyclic) bond motifs is 1. The minimum atomic E-state index is -0.523. The van der Waals surface area contributed by atoms with Crippen molar-refractivity contribution in [1.29, 1.82) is 0 Å². The van der Waals surface area contributed by atoms with Gasteiger partial charge >= 0.3 is 0 Å². The summed E-state index contributed by atoms with van der Waals surface area (Å²) in [4.78, 5) is 37.7. The second kappa shape index (κ2) is 12.3. The van der Waals surface area contributed by atoms with Crippen molar-refractivity contribution in [3.63, 3.8) is 0 Å². The third-order valence-electron chi connectivity index (χ3n) is 8.04. The number of aromatic nitrogens is 3. The predicted molar refractivity (Wildman–Crippen MR) is 167 cm³/mol. The Balaban J connectivity index is 1.47. The molecule has 3 heterocycles. The Hall–Kier alpha value is -3.08. The summed E-state index contributed by atoms with van der Waals surface area (Å²) in [7, 11) is 3.79. The van der Waals surface area contributed by atoms with Crippen molar-refractivity contribution in [3.05, 3.63) is 39.4 Å². The monoisotopic (exact) mass is 615 g/mol. The number of benzene rings is 1. The maximum Gasteiger partial charge on any atom is 0.255 e. The van der Waals surface area contributed by atoms with Crippen molar-refractivity contribution in [2.45, 2.75) is 71.5 Å². The summed E-state index contributed by atoms with van der Waals surface area (Å²) in [5, 5.41) is 10.2. The summed E-state index contributed by atoms with van der Waals surface area (Å²) in [5.41, 5.74) is 2.32. The van der Waals surface area contributed by atoms with E-state index in [9.17, 15) is 9.59 Å². The number of nitrogens with zero attached hydrogens (tertiary/aromatic N) is 4. The van der Waals surface area contributed by atoms with E-state index in [4.69, 9.17) is 37.9 Å². The summed E-state index contributed by atoms with van der Waals surface area (Å²) < 4.78 is 7.23. The number of carbonyl (C=O) groups excluding carboxylic acids is 2. The molecule has 2 aromatic heterocycles. The Kier molecular flexibility index (Phi) is 8.87. The summed E-state index contributed by atoms with van der Waals surface area (Å²) in [6.45, 7) is 6.99. The zero-order valence-corrected chi connectivity index (χ0v) is 26.3. The van der Waals surface area contributed by atoms with Crippen LogP contribution in [0.4, 0.5) is 17.5 Å². The Morgan fingerprint density at radius 3 is 2.48 bits per heavy atom. The number of ether oxygens (including phenoxy) is 1. The molecule has 2 amide bonds. The van der Waals surface area contributed by atoms with Crippen molar-refractivity contribution < 1.29 is 14.3 Å². The smallest absolute Gasteiger partial charge is 0.255 e. The van der Waals surface area contributed by atoms with Crippen LogP contribution in [0.2, 0.25) is 10.0 Å². The summed E-state index contributed by atoms with van der Waals surface area (Å²) in [6.07, 6.45) is 5.43. The van der Waals surface area contributed by atoms with Gasteiger partial charge in [-0.1, -0.05) is 69.3 Å². The maximum absolute atomic E-state index is 13.6. The molecular formula is C30H39Cl2N7O3. The van der Waals surface area contributed by atoms with Crippen LogP contribution in [0.3, 0.4) is 0 Å². The van der Waals surface area contributed by atoms with Crippen molar-refractivity contribution >= 4 is 63.6 Å². The van der Waals surface area contributed by atoms with Gasteiger partial charge < -0.3 is 25.6 Å². The number of likely N-dealkylation sites (N-methyl/N-ethyl adjacent to an activating group) is 1. The minimum Gasteiger partial charge on any atom is -0.377 e. The van der Waals surface area contributed by atoms with E-state index >= 15 is 0 Å². The number of pyridine rings is 1. The molecule has 1 saturated carbocycles. The van der Waals surface area contributed by atoms with Crippen molar-refractivity contribution in [1.82, 2.24) is 25.2 Å². The van der Waals surface area contributed by atoms with Gasteiger partial charge in [0.05, 0.1) is 40.6 Å². The van der Waals surface area contributed by atoms with Gasteiger partial charge in [0.25, 0.3) is 5.91 Å². The van der Waals surface area contributed by atoms with Crippen LogP contribution < -0.4 is 20.9 Å². The number of anilines is 3. The highest BCUT2D eigenvalue weighted by atomic mass is 35.5. The van der Waals surface area contributed by atoms with Crippen LogP contribution in [-0.4, -0.2) is 58.7 Å². The third kappa shape index (κ3) is 6.31. The number of nitrogens with one attached hydrogen (secondary N) is 3. The van der Waals surface area contributed by atoms with Crippen LogP contribution >= 0.6 is 23.2 Å². The molecule has 0 unspecified atom stereocenters. The van der Waals surface area contributed by atoms with Crippen LogP contribution in [0.25, 0.3) is 11.2 Å². The van der Waals surface area contributed by atoms with E-state index in [2.05, 4.69) is 16.0 Å². The molecule has 10 nitrogen and oxygen atoms in total. The number of aryl methyl sites for hydroxylation is 1. The van der Waals surface area contributed by atoms with E-state index in [1.807, 2.05) is 44.3 Å². The largest absolute Gasteiger partial charge is 0.377 e. The molecule has 226 valence electrons. The molecule has 3 N–H and O–H groups in total. The molecule has 2 aliphatic rings. The number of amides is 2. The number of rotatable bonds is 8. The van der Waals surface area contributed by atoms with Gasteiger partial charge in [0.2, 0.25) is 11.9 Å². The number of hydrogen-bond acceptors (Lipinski definition) is 7. The molecule has 3 aromatic rings. The van der Waals surface area contributed by atoms with E-state index in [1.54, 1.807) is 18.2 Å². The number of halogens is 2. The molecule has 1 saturated heterocycles. The standard InChI is InChI=1S/C30H39Cl2N7O3/c1-30(2,3)28(41)33-14-17-11-12-21(31)24(23(17)32)36-29-35-22-13-20(27(40)34-18-9-7-6-8-10-18)25(37-26(22)39(29)5)38(4)19-15-42-16-19/h11-13,18-19H,6-10,14-16H2,1-5H3,(H,33,41)(H,34,40)(H,35,36). The first-order chi connectivity index (χ1) is 19.9. The van der Waals surface area contributed by atoms with Gasteiger partial charge in [-0.25, -0.2) is 9.97 Å². The predicted octanol–water partition coefficient (Wildman–Crippen LogP) is 5.58.